The zero-order chi connectivity index (χ0) is 16.9. The molecule has 1 heterocycles. The van der Waals surface area contributed by atoms with Gasteiger partial charge in [0.1, 0.15) is 5.82 Å². The Morgan fingerprint density at radius 1 is 1.26 bits per heavy atom. The Morgan fingerprint density at radius 3 is 2.70 bits per heavy atom. The van der Waals surface area contributed by atoms with Gasteiger partial charge in [-0.15, -0.1) is 0 Å². The molecule has 2 N–H and O–H groups in total. The lowest BCUT2D eigenvalue weighted by Crippen LogP contribution is -2.47. The maximum absolute atomic E-state index is 4.67. The van der Waals surface area contributed by atoms with Gasteiger partial charge in [0.15, 0.2) is 5.96 Å². The third-order valence-corrected chi connectivity index (χ3v) is 3.49. The minimum Gasteiger partial charge on any atom is -0.357 e. The fraction of sp³-hybridized carbons (Fsp3) is 0.556. The van der Waals surface area contributed by atoms with Crippen LogP contribution in [0.15, 0.2) is 29.3 Å². The van der Waals surface area contributed by atoms with Crippen molar-refractivity contribution in [1.82, 2.24) is 20.2 Å². The molecule has 0 bridgehead atoms. The number of rotatable bonds is 5. The van der Waals surface area contributed by atoms with Crippen molar-refractivity contribution in [1.29, 1.82) is 0 Å². The highest BCUT2D eigenvalue weighted by Crippen LogP contribution is 2.15. The van der Waals surface area contributed by atoms with Gasteiger partial charge in [-0.3, -0.25) is 4.99 Å². The van der Waals surface area contributed by atoms with E-state index < -0.39 is 0 Å². The van der Waals surface area contributed by atoms with Gasteiger partial charge in [-0.05, 0) is 53.2 Å². The molecule has 0 aliphatic heterocycles. The van der Waals surface area contributed by atoms with E-state index in [1.54, 1.807) is 0 Å². The van der Waals surface area contributed by atoms with Gasteiger partial charge in [-0.1, -0.05) is 12.1 Å². The highest BCUT2D eigenvalue weighted by atomic mass is 15.2. The Morgan fingerprint density at radius 2 is 2.00 bits per heavy atom. The molecule has 126 valence electrons. The summed E-state index contributed by atoms with van der Waals surface area (Å²) in [5, 5.41) is 6.71. The molecule has 0 saturated heterocycles. The molecule has 2 rings (SSSR count). The molecule has 1 aromatic heterocycles. The van der Waals surface area contributed by atoms with Crippen molar-refractivity contribution in [2.75, 3.05) is 13.1 Å². The van der Waals surface area contributed by atoms with Crippen LogP contribution in [0.2, 0.25) is 0 Å². The van der Waals surface area contributed by atoms with Crippen LogP contribution < -0.4 is 10.6 Å². The average molecular weight is 315 g/mol. The molecule has 5 heteroatoms. The Balaban J connectivity index is 1.97. The molecule has 0 fully saturated rings. The van der Waals surface area contributed by atoms with Crippen LogP contribution in [0.5, 0.6) is 0 Å². The van der Waals surface area contributed by atoms with E-state index in [9.17, 15) is 0 Å². The summed E-state index contributed by atoms with van der Waals surface area (Å²) in [7, 11) is 0. The zero-order valence-corrected chi connectivity index (χ0v) is 15.0. The van der Waals surface area contributed by atoms with Gasteiger partial charge in [0.05, 0.1) is 11.0 Å². The first kappa shape index (κ1) is 17.3. The lowest BCUT2D eigenvalue weighted by molar-refractivity contribution is 0.501. The molecule has 5 nitrogen and oxygen atoms in total. The Kier molecular flexibility index (Phi) is 5.64. The fourth-order valence-electron chi connectivity index (χ4n) is 2.56. The molecule has 0 aliphatic carbocycles. The SMILES string of the molecule is CCNC(=NCCCn1c(C)nc2ccccc21)NC(C)(C)C. The largest absolute Gasteiger partial charge is 0.357 e. The van der Waals surface area contributed by atoms with E-state index in [2.05, 4.69) is 78.0 Å². The van der Waals surface area contributed by atoms with Crippen molar-refractivity contribution in [2.45, 2.75) is 53.1 Å². The summed E-state index contributed by atoms with van der Waals surface area (Å²) in [4.78, 5) is 9.28. The normalized spacial score (nSPS) is 12.7. The molecule has 0 aliphatic rings. The topological polar surface area (TPSA) is 54.2 Å². The molecule has 0 unspecified atom stereocenters. The van der Waals surface area contributed by atoms with E-state index in [0.717, 1.165) is 43.4 Å². The quantitative estimate of drug-likeness (QED) is 0.506. The molecule has 0 atom stereocenters. The van der Waals surface area contributed by atoms with Crippen molar-refractivity contribution in [3.63, 3.8) is 0 Å². The summed E-state index contributed by atoms with van der Waals surface area (Å²) in [5.74, 6) is 1.95. The molecule has 23 heavy (non-hydrogen) atoms. The second-order valence-electron chi connectivity index (χ2n) is 6.79. The molecular weight excluding hydrogens is 286 g/mol. The first-order valence-corrected chi connectivity index (χ1v) is 8.39. The molecular formula is C18H29N5. The predicted octanol–water partition coefficient (Wildman–Crippen LogP) is 3.09. The van der Waals surface area contributed by atoms with Crippen LogP contribution >= 0.6 is 0 Å². The van der Waals surface area contributed by atoms with Crippen molar-refractivity contribution < 1.29 is 0 Å². The molecule has 0 spiro atoms. The smallest absolute Gasteiger partial charge is 0.191 e. The maximum Gasteiger partial charge on any atom is 0.191 e. The van der Waals surface area contributed by atoms with Gasteiger partial charge < -0.3 is 15.2 Å². The van der Waals surface area contributed by atoms with Crippen molar-refractivity contribution in [3.05, 3.63) is 30.1 Å². The van der Waals surface area contributed by atoms with Gasteiger partial charge in [0.2, 0.25) is 0 Å². The fourth-order valence-corrected chi connectivity index (χ4v) is 2.56. The number of guanidine groups is 1. The van der Waals surface area contributed by atoms with Gasteiger partial charge in [-0.2, -0.15) is 0 Å². The number of aliphatic imine (C=N–C) groups is 1. The number of nitrogens with one attached hydrogen (secondary N) is 2. The van der Waals surface area contributed by atoms with Crippen LogP contribution in [-0.2, 0) is 6.54 Å². The highest BCUT2D eigenvalue weighted by Gasteiger charge is 2.11. The van der Waals surface area contributed by atoms with E-state index in [1.807, 2.05) is 6.07 Å². The minimum absolute atomic E-state index is 0.0120. The molecule has 0 saturated carbocycles. The number of para-hydroxylation sites is 2. The second-order valence-corrected chi connectivity index (χ2v) is 6.79. The zero-order valence-electron chi connectivity index (χ0n) is 15.0. The van der Waals surface area contributed by atoms with E-state index in [1.165, 1.54) is 5.52 Å². The van der Waals surface area contributed by atoms with Gasteiger partial charge in [0, 0.05) is 25.2 Å². The molecule has 2 aromatic rings. The standard InChI is InChI=1S/C18H29N5/c1-6-19-17(22-18(3,4)5)20-12-9-13-23-14(2)21-15-10-7-8-11-16(15)23/h7-8,10-11H,6,9,12-13H2,1-5H3,(H2,19,20,22). The van der Waals surface area contributed by atoms with Crippen LogP contribution in [0.3, 0.4) is 0 Å². The Labute approximate surface area is 139 Å². The van der Waals surface area contributed by atoms with Crippen LogP contribution in [0.1, 0.15) is 39.9 Å². The lowest BCUT2D eigenvalue weighted by atomic mass is 10.1. The number of imidazole rings is 1. The monoisotopic (exact) mass is 315 g/mol. The van der Waals surface area contributed by atoms with Crippen LogP contribution in [0.25, 0.3) is 11.0 Å². The maximum atomic E-state index is 4.67. The summed E-state index contributed by atoms with van der Waals surface area (Å²) in [6.07, 6.45) is 0.988. The third-order valence-electron chi connectivity index (χ3n) is 3.49. The first-order valence-electron chi connectivity index (χ1n) is 8.39. The number of benzene rings is 1. The number of hydrogen-bond donors (Lipinski definition) is 2. The van der Waals surface area contributed by atoms with Crippen LogP contribution in [-0.4, -0.2) is 34.1 Å². The predicted molar refractivity (Wildman–Crippen MR) is 98.0 cm³/mol. The number of nitrogens with zero attached hydrogens (tertiary/aromatic N) is 3. The second kappa shape index (κ2) is 7.49. The Hall–Kier alpha value is -2.04. The summed E-state index contributed by atoms with van der Waals surface area (Å²) in [5.41, 5.74) is 2.28. The average Bonchev–Trinajstić information content (AvgIpc) is 2.78. The summed E-state index contributed by atoms with van der Waals surface area (Å²) < 4.78 is 2.27. The first-order chi connectivity index (χ1) is 10.9. The summed E-state index contributed by atoms with van der Waals surface area (Å²) in [6, 6.07) is 8.29. The van der Waals surface area contributed by atoms with Crippen molar-refractivity contribution in [3.8, 4) is 0 Å². The van der Waals surface area contributed by atoms with Gasteiger partial charge >= 0.3 is 0 Å². The van der Waals surface area contributed by atoms with E-state index in [-0.39, 0.29) is 5.54 Å². The molecule has 0 radical (unpaired) electrons. The van der Waals surface area contributed by atoms with Crippen molar-refractivity contribution >= 4 is 17.0 Å². The van der Waals surface area contributed by atoms with Gasteiger partial charge in [0.25, 0.3) is 0 Å². The van der Waals surface area contributed by atoms with Crippen LogP contribution in [0.4, 0.5) is 0 Å². The summed E-state index contributed by atoms with van der Waals surface area (Å²) >= 11 is 0. The highest BCUT2D eigenvalue weighted by molar-refractivity contribution is 5.80. The molecule has 0 amide bonds. The van der Waals surface area contributed by atoms with E-state index >= 15 is 0 Å². The van der Waals surface area contributed by atoms with Gasteiger partial charge in [-0.25, -0.2) is 4.98 Å². The Bertz CT molecular complexity index is 664. The number of hydrogen-bond acceptors (Lipinski definition) is 2. The summed E-state index contributed by atoms with van der Waals surface area (Å²) in [6.45, 7) is 13.2. The van der Waals surface area contributed by atoms with Crippen LogP contribution in [0, 0.1) is 6.92 Å². The van der Waals surface area contributed by atoms with Crippen molar-refractivity contribution in [2.24, 2.45) is 4.99 Å². The minimum atomic E-state index is 0.0120. The number of aryl methyl sites for hydroxylation is 2. The van der Waals surface area contributed by atoms with E-state index in [0.29, 0.717) is 0 Å². The lowest BCUT2D eigenvalue weighted by Gasteiger charge is -2.23. The van der Waals surface area contributed by atoms with E-state index in [4.69, 9.17) is 0 Å². The third kappa shape index (κ3) is 4.98. The number of aromatic nitrogens is 2. The number of fused-ring (bicyclic) bond motifs is 1. The molecule has 1 aromatic carbocycles.